The molecule has 1 aromatic rings. The van der Waals surface area contributed by atoms with Crippen molar-refractivity contribution in [2.75, 3.05) is 13.6 Å². The van der Waals surface area contributed by atoms with Crippen LogP contribution in [0.3, 0.4) is 0 Å². The fraction of sp³-hybridized carbons (Fsp3) is 0.579. The van der Waals surface area contributed by atoms with Crippen LogP contribution in [0, 0.1) is 11.3 Å². The standard InChI is InChI=1S/C19H23F8N5/c1-16(5-4-12(20)10(6-16)7-28)11-8-31-32(9-11)15(30-3)13(17(2,21)22)14(29)18(23,24)19(25,26)27/h4,6,8-9,13,15,29-30H,5,7,28H2,1-3H3. The van der Waals surface area contributed by atoms with Gasteiger partial charge in [-0.2, -0.15) is 27.1 Å². The van der Waals surface area contributed by atoms with Crippen LogP contribution in [0.4, 0.5) is 35.1 Å². The monoisotopic (exact) mass is 473 g/mol. The topological polar surface area (TPSA) is 79.7 Å². The van der Waals surface area contributed by atoms with Crippen molar-refractivity contribution in [2.24, 2.45) is 11.7 Å². The molecule has 0 aliphatic heterocycles. The summed E-state index contributed by atoms with van der Waals surface area (Å²) in [5, 5.41) is 13.5. The number of aromatic nitrogens is 2. The number of nitrogens with two attached hydrogens (primary N) is 1. The number of nitrogens with one attached hydrogen (secondary N) is 2. The number of rotatable bonds is 8. The van der Waals surface area contributed by atoms with Crippen LogP contribution in [-0.2, 0) is 5.41 Å². The fourth-order valence-electron chi connectivity index (χ4n) is 3.58. The molecular weight excluding hydrogens is 450 g/mol. The molecule has 5 nitrogen and oxygen atoms in total. The molecule has 1 heterocycles. The van der Waals surface area contributed by atoms with Crippen molar-refractivity contribution in [3.8, 4) is 0 Å². The maximum atomic E-state index is 14.3. The van der Waals surface area contributed by atoms with E-state index in [9.17, 15) is 35.1 Å². The van der Waals surface area contributed by atoms with E-state index in [1.54, 1.807) is 6.92 Å². The van der Waals surface area contributed by atoms with Crippen molar-refractivity contribution < 1.29 is 35.1 Å². The van der Waals surface area contributed by atoms with Gasteiger partial charge in [-0.3, -0.25) is 10.00 Å². The molecular formula is C19H23F8N5. The van der Waals surface area contributed by atoms with Crippen molar-refractivity contribution in [2.45, 2.75) is 49.9 Å². The first-order valence-corrected chi connectivity index (χ1v) is 9.40. The molecule has 1 aliphatic carbocycles. The van der Waals surface area contributed by atoms with Crippen molar-refractivity contribution in [1.29, 1.82) is 5.41 Å². The average molecular weight is 473 g/mol. The van der Waals surface area contributed by atoms with E-state index in [0.29, 0.717) is 5.56 Å². The highest BCUT2D eigenvalue weighted by Gasteiger charge is 2.65. The predicted octanol–water partition coefficient (Wildman–Crippen LogP) is 4.49. The molecule has 0 radical (unpaired) electrons. The van der Waals surface area contributed by atoms with E-state index in [1.807, 2.05) is 0 Å². The van der Waals surface area contributed by atoms with Crippen LogP contribution in [0.25, 0.3) is 0 Å². The Morgan fingerprint density at radius 1 is 1.28 bits per heavy atom. The zero-order valence-electron chi connectivity index (χ0n) is 17.4. The van der Waals surface area contributed by atoms with Crippen molar-refractivity contribution >= 4 is 5.71 Å². The minimum atomic E-state index is -6.23. The highest BCUT2D eigenvalue weighted by Crippen LogP contribution is 2.44. The third kappa shape index (κ3) is 4.72. The lowest BCUT2D eigenvalue weighted by molar-refractivity contribution is -0.252. The SMILES string of the molecule is CNC(C(C(=N)C(F)(F)C(F)(F)F)C(C)(F)F)n1cc(C2(C)C=C(CN)C(F)=CC2)cn1. The summed E-state index contributed by atoms with van der Waals surface area (Å²) in [4.78, 5) is 0. The summed E-state index contributed by atoms with van der Waals surface area (Å²) in [6, 6.07) is 0. The molecule has 32 heavy (non-hydrogen) atoms. The molecule has 0 amide bonds. The van der Waals surface area contributed by atoms with Gasteiger partial charge < -0.3 is 11.1 Å². The summed E-state index contributed by atoms with van der Waals surface area (Å²) in [5.41, 5.74) is 2.70. The van der Waals surface area contributed by atoms with Gasteiger partial charge in [-0.05, 0) is 25.1 Å². The Balaban J connectivity index is 2.50. The molecule has 0 bridgehead atoms. The summed E-state index contributed by atoms with van der Waals surface area (Å²) in [5.74, 6) is -13.3. The van der Waals surface area contributed by atoms with Gasteiger partial charge in [0.2, 0.25) is 0 Å². The lowest BCUT2D eigenvalue weighted by Gasteiger charge is -2.35. The van der Waals surface area contributed by atoms with Crippen LogP contribution in [0.2, 0.25) is 0 Å². The van der Waals surface area contributed by atoms with Gasteiger partial charge in [-0.15, -0.1) is 0 Å². The average Bonchev–Trinajstić information content (AvgIpc) is 3.16. The van der Waals surface area contributed by atoms with Gasteiger partial charge in [0.1, 0.15) is 23.6 Å². The number of hydrogen-bond acceptors (Lipinski definition) is 4. The second-order valence-electron chi connectivity index (χ2n) is 7.91. The molecule has 1 aromatic heterocycles. The molecule has 3 atom stereocenters. The lowest BCUT2D eigenvalue weighted by Crippen LogP contribution is -2.54. The molecule has 0 spiro atoms. The smallest absolute Gasteiger partial charge is 0.326 e. The van der Waals surface area contributed by atoms with Crippen molar-refractivity contribution in [3.05, 3.63) is 41.5 Å². The van der Waals surface area contributed by atoms with E-state index < -0.39 is 47.1 Å². The first-order chi connectivity index (χ1) is 14.5. The van der Waals surface area contributed by atoms with Crippen LogP contribution >= 0.6 is 0 Å². The summed E-state index contributed by atoms with van der Waals surface area (Å²) < 4.78 is 109. The van der Waals surface area contributed by atoms with Crippen LogP contribution in [0.15, 0.2) is 35.9 Å². The highest BCUT2D eigenvalue weighted by molar-refractivity contribution is 5.92. The van der Waals surface area contributed by atoms with Crippen molar-refractivity contribution in [3.63, 3.8) is 0 Å². The highest BCUT2D eigenvalue weighted by atomic mass is 19.4. The Morgan fingerprint density at radius 3 is 2.34 bits per heavy atom. The van der Waals surface area contributed by atoms with E-state index >= 15 is 0 Å². The summed E-state index contributed by atoms with van der Waals surface area (Å²) in [6.07, 6.45) is -2.81. The van der Waals surface area contributed by atoms with Gasteiger partial charge in [0, 0.05) is 30.6 Å². The molecule has 2 rings (SSSR count). The summed E-state index contributed by atoms with van der Waals surface area (Å²) in [7, 11) is 1.07. The zero-order chi connectivity index (χ0) is 24.7. The normalized spacial score (nSPS) is 22.2. The molecule has 13 heteroatoms. The molecule has 3 unspecified atom stereocenters. The first kappa shape index (κ1) is 26.0. The van der Waals surface area contributed by atoms with E-state index in [-0.39, 0.29) is 25.5 Å². The Kier molecular flexibility index (Phi) is 6.96. The number of halogens is 8. The summed E-state index contributed by atoms with van der Waals surface area (Å²) in [6.45, 7) is 1.71. The Labute approximate surface area is 178 Å². The van der Waals surface area contributed by atoms with Crippen molar-refractivity contribution in [1.82, 2.24) is 15.1 Å². The van der Waals surface area contributed by atoms with Crippen LogP contribution < -0.4 is 11.1 Å². The van der Waals surface area contributed by atoms with Gasteiger partial charge in [-0.1, -0.05) is 13.0 Å². The first-order valence-electron chi connectivity index (χ1n) is 9.40. The quantitative estimate of drug-likeness (QED) is 0.385. The molecule has 0 saturated heterocycles. The number of hydrogen-bond donors (Lipinski definition) is 3. The Bertz CT molecular complexity index is 912. The minimum absolute atomic E-state index is 0.112. The molecule has 0 fully saturated rings. The lowest BCUT2D eigenvalue weighted by atomic mass is 9.76. The van der Waals surface area contributed by atoms with E-state index in [2.05, 4.69) is 10.4 Å². The second kappa shape index (κ2) is 8.58. The van der Waals surface area contributed by atoms with Gasteiger partial charge in [0.25, 0.3) is 5.92 Å². The molecule has 180 valence electrons. The maximum Gasteiger partial charge on any atom is 0.459 e. The third-order valence-corrected chi connectivity index (χ3v) is 5.43. The number of alkyl halides is 7. The number of allylic oxidation sites excluding steroid dienone is 2. The Morgan fingerprint density at radius 2 is 1.88 bits per heavy atom. The third-order valence-electron chi connectivity index (χ3n) is 5.43. The van der Waals surface area contributed by atoms with Gasteiger partial charge in [0.05, 0.1) is 6.20 Å². The van der Waals surface area contributed by atoms with E-state index in [1.165, 1.54) is 24.5 Å². The molecule has 0 saturated carbocycles. The van der Waals surface area contributed by atoms with Gasteiger partial charge in [0.15, 0.2) is 0 Å². The zero-order valence-corrected chi connectivity index (χ0v) is 17.4. The predicted molar refractivity (Wildman–Crippen MR) is 101 cm³/mol. The van der Waals surface area contributed by atoms with Gasteiger partial charge in [-0.25, -0.2) is 13.2 Å². The molecule has 0 aromatic carbocycles. The number of nitrogens with zero attached hydrogens (tertiary/aromatic N) is 2. The van der Waals surface area contributed by atoms with Gasteiger partial charge >= 0.3 is 12.1 Å². The molecule has 4 N–H and O–H groups in total. The van der Waals surface area contributed by atoms with Crippen LogP contribution in [0.5, 0.6) is 0 Å². The largest absolute Gasteiger partial charge is 0.459 e. The maximum absolute atomic E-state index is 14.3. The Hall–Kier alpha value is -2.28. The van der Waals surface area contributed by atoms with Crippen LogP contribution in [0.1, 0.15) is 32.0 Å². The van der Waals surface area contributed by atoms with E-state index in [4.69, 9.17) is 11.1 Å². The summed E-state index contributed by atoms with van der Waals surface area (Å²) >= 11 is 0. The molecule has 1 aliphatic rings. The minimum Gasteiger partial charge on any atom is -0.326 e. The fourth-order valence-corrected chi connectivity index (χ4v) is 3.58. The van der Waals surface area contributed by atoms with Crippen LogP contribution in [-0.4, -0.2) is 47.1 Å². The second-order valence-corrected chi connectivity index (χ2v) is 7.91. The van der Waals surface area contributed by atoms with E-state index in [0.717, 1.165) is 11.7 Å².